The molecule has 0 saturated heterocycles. The second-order valence-corrected chi connectivity index (χ2v) is 5.29. The lowest BCUT2D eigenvalue weighted by Crippen LogP contribution is -1.84. The van der Waals surface area contributed by atoms with E-state index in [1.54, 1.807) is 13.2 Å². The highest BCUT2D eigenvalue weighted by Gasteiger charge is 1.99. The van der Waals surface area contributed by atoms with Crippen LogP contribution in [0, 0.1) is 0 Å². The summed E-state index contributed by atoms with van der Waals surface area (Å²) in [6, 6.07) is 9.84. The van der Waals surface area contributed by atoms with E-state index >= 15 is 0 Å². The van der Waals surface area contributed by atoms with Gasteiger partial charge in [0.15, 0.2) is 6.29 Å². The first-order valence-electron chi connectivity index (χ1n) is 5.84. The number of rotatable bonds is 3. The van der Waals surface area contributed by atoms with Gasteiger partial charge < -0.3 is 9.84 Å². The smallest absolute Gasteiger partial charge is 0.151 e. The summed E-state index contributed by atoms with van der Waals surface area (Å²) >= 11 is 14.8. The van der Waals surface area contributed by atoms with Crippen molar-refractivity contribution in [3.63, 3.8) is 0 Å². The fourth-order valence-electron chi connectivity index (χ4n) is 1.38. The molecule has 6 heteroatoms. The van der Waals surface area contributed by atoms with Crippen LogP contribution in [-0.4, -0.2) is 18.5 Å². The zero-order chi connectivity index (χ0) is 15.8. The molecule has 1 N–H and O–H groups in total. The Kier molecular flexibility index (Phi) is 7.57. The van der Waals surface area contributed by atoms with Crippen LogP contribution in [0.3, 0.4) is 0 Å². The van der Waals surface area contributed by atoms with E-state index in [2.05, 4.69) is 15.9 Å². The van der Waals surface area contributed by atoms with Crippen LogP contribution < -0.4 is 4.74 Å². The van der Waals surface area contributed by atoms with Crippen molar-refractivity contribution in [2.24, 2.45) is 0 Å². The Labute approximate surface area is 141 Å². The summed E-state index contributed by atoms with van der Waals surface area (Å²) in [6.45, 7) is 0. The first-order chi connectivity index (χ1) is 10.0. The fraction of sp³-hybridized carbons (Fsp3) is 0.133. The Bertz CT molecular complexity index is 618. The summed E-state index contributed by atoms with van der Waals surface area (Å²) in [6.07, 6.45) is 0.641. The average Bonchev–Trinajstić information content (AvgIpc) is 2.48. The molecule has 0 aliphatic heterocycles. The van der Waals surface area contributed by atoms with Crippen LogP contribution in [-0.2, 0) is 5.33 Å². The van der Waals surface area contributed by atoms with Crippen molar-refractivity contribution in [2.75, 3.05) is 7.11 Å². The van der Waals surface area contributed by atoms with Gasteiger partial charge in [-0.15, -0.1) is 0 Å². The van der Waals surface area contributed by atoms with E-state index in [0.29, 0.717) is 11.8 Å². The van der Waals surface area contributed by atoms with Crippen LogP contribution in [0.15, 0.2) is 36.4 Å². The summed E-state index contributed by atoms with van der Waals surface area (Å²) < 4.78 is 4.99. The van der Waals surface area contributed by atoms with Crippen LogP contribution in [0.25, 0.3) is 0 Å². The number of aromatic hydroxyl groups is 1. The van der Waals surface area contributed by atoms with Gasteiger partial charge in [-0.05, 0) is 35.9 Å². The zero-order valence-corrected chi connectivity index (χ0v) is 14.2. The van der Waals surface area contributed by atoms with Gasteiger partial charge in [0.1, 0.15) is 11.5 Å². The number of benzene rings is 2. The third-order valence-corrected chi connectivity index (χ3v) is 3.80. The molecule has 0 aliphatic carbocycles. The normalized spacial score (nSPS) is 9.52. The summed E-state index contributed by atoms with van der Waals surface area (Å²) in [5.41, 5.74) is 1.46. The van der Waals surface area contributed by atoms with Crippen LogP contribution in [0.2, 0.25) is 10.0 Å². The van der Waals surface area contributed by atoms with E-state index in [1.165, 1.54) is 18.2 Å². The molecule has 2 rings (SSSR count). The number of halogens is 3. The summed E-state index contributed by atoms with van der Waals surface area (Å²) in [5, 5.41) is 10.6. The molecule has 2 aromatic rings. The monoisotopic (exact) mass is 390 g/mol. The Morgan fingerprint density at radius 1 is 1.19 bits per heavy atom. The largest absolute Gasteiger partial charge is 0.508 e. The zero-order valence-electron chi connectivity index (χ0n) is 11.1. The predicted octanol–water partition coefficient (Wildman–Crippen LogP) is 5.10. The number of aldehydes is 1. The molecular weight excluding hydrogens is 379 g/mol. The molecule has 0 atom stereocenters. The molecule has 3 nitrogen and oxygen atoms in total. The molecule has 21 heavy (non-hydrogen) atoms. The molecule has 0 spiro atoms. The van der Waals surface area contributed by atoms with Crippen molar-refractivity contribution in [3.8, 4) is 11.5 Å². The number of methoxy groups -OCH3 is 1. The van der Waals surface area contributed by atoms with Crippen LogP contribution in [0.5, 0.6) is 11.5 Å². The molecule has 0 fully saturated rings. The lowest BCUT2D eigenvalue weighted by atomic mass is 10.2. The summed E-state index contributed by atoms with van der Waals surface area (Å²) in [4.78, 5) is 10.2. The number of hydrogen-bond donors (Lipinski definition) is 1. The molecule has 0 bridgehead atoms. The van der Waals surface area contributed by atoms with Crippen LogP contribution >= 0.6 is 39.1 Å². The van der Waals surface area contributed by atoms with Gasteiger partial charge in [-0.3, -0.25) is 4.79 Å². The number of carbonyl (C=O) groups excluding carboxylic acids is 1. The molecule has 0 amide bonds. The van der Waals surface area contributed by atoms with Crippen LogP contribution in [0.1, 0.15) is 15.9 Å². The third kappa shape index (κ3) is 5.58. The summed E-state index contributed by atoms with van der Waals surface area (Å²) in [5.74, 6) is 0.857. The van der Waals surface area contributed by atoms with Gasteiger partial charge in [-0.2, -0.15) is 0 Å². The fourth-order valence-corrected chi connectivity index (χ4v) is 2.48. The van der Waals surface area contributed by atoms with Crippen molar-refractivity contribution < 1.29 is 14.6 Å². The number of phenolic OH excluding ortho intramolecular Hbond substituents is 1. The minimum atomic E-state index is 0.0654. The van der Waals surface area contributed by atoms with Gasteiger partial charge in [0.2, 0.25) is 0 Å². The second kappa shape index (κ2) is 8.93. The molecule has 2 aromatic carbocycles. The number of phenols is 1. The molecule has 0 aromatic heterocycles. The van der Waals surface area contributed by atoms with Crippen molar-refractivity contribution >= 4 is 45.4 Å². The Morgan fingerprint density at radius 3 is 2.38 bits per heavy atom. The van der Waals surface area contributed by atoms with Gasteiger partial charge in [0, 0.05) is 15.9 Å². The highest BCUT2D eigenvalue weighted by Crippen LogP contribution is 2.23. The maximum atomic E-state index is 10.2. The summed E-state index contributed by atoms with van der Waals surface area (Å²) in [7, 11) is 1.62. The van der Waals surface area contributed by atoms with Gasteiger partial charge in [-0.25, -0.2) is 0 Å². The standard InChI is InChI=1S/C8H8BrClO.C7H5ClO2/c1-11-7-3-2-6(5-9)8(10)4-7;8-7-3-6(10)2-1-5(7)4-9/h2-4H,5H2,1H3;1-4,10H. The minimum absolute atomic E-state index is 0.0654. The molecule has 112 valence electrons. The van der Waals surface area contributed by atoms with Crippen molar-refractivity contribution in [3.05, 3.63) is 57.6 Å². The lowest BCUT2D eigenvalue weighted by molar-refractivity contribution is 0.112. The van der Waals surface area contributed by atoms with E-state index < -0.39 is 0 Å². The van der Waals surface area contributed by atoms with E-state index in [-0.39, 0.29) is 10.8 Å². The van der Waals surface area contributed by atoms with Crippen molar-refractivity contribution in [2.45, 2.75) is 5.33 Å². The van der Waals surface area contributed by atoms with E-state index in [0.717, 1.165) is 21.7 Å². The molecular formula is C15H13BrCl2O3. The first kappa shape index (κ1) is 17.8. The SMILES string of the molecule is COc1ccc(CBr)c(Cl)c1.O=Cc1ccc(O)cc1Cl. The average molecular weight is 392 g/mol. The number of hydrogen-bond acceptors (Lipinski definition) is 3. The highest BCUT2D eigenvalue weighted by molar-refractivity contribution is 9.08. The lowest BCUT2D eigenvalue weighted by Gasteiger charge is -2.02. The van der Waals surface area contributed by atoms with Gasteiger partial charge in [0.25, 0.3) is 0 Å². The first-order valence-corrected chi connectivity index (χ1v) is 7.71. The quantitative estimate of drug-likeness (QED) is 0.584. The molecule has 0 saturated carbocycles. The topological polar surface area (TPSA) is 46.5 Å². The molecule has 0 radical (unpaired) electrons. The predicted molar refractivity (Wildman–Crippen MR) is 89.1 cm³/mol. The maximum Gasteiger partial charge on any atom is 0.151 e. The van der Waals surface area contributed by atoms with Crippen molar-refractivity contribution in [1.29, 1.82) is 0 Å². The Hall–Kier alpha value is -1.23. The third-order valence-electron chi connectivity index (χ3n) is 2.52. The number of alkyl halides is 1. The van der Waals surface area contributed by atoms with Gasteiger partial charge in [0.05, 0.1) is 12.1 Å². The van der Waals surface area contributed by atoms with E-state index in [9.17, 15) is 4.79 Å². The second-order valence-electron chi connectivity index (χ2n) is 3.91. The van der Waals surface area contributed by atoms with Crippen molar-refractivity contribution in [1.82, 2.24) is 0 Å². The van der Waals surface area contributed by atoms with Gasteiger partial charge >= 0.3 is 0 Å². The number of carbonyl (C=O) groups is 1. The van der Waals surface area contributed by atoms with Crippen LogP contribution in [0.4, 0.5) is 0 Å². The van der Waals surface area contributed by atoms with E-state index in [1.807, 2.05) is 12.1 Å². The number of ether oxygens (including phenoxy) is 1. The molecule has 0 aliphatic rings. The molecule has 0 unspecified atom stereocenters. The van der Waals surface area contributed by atoms with Gasteiger partial charge in [-0.1, -0.05) is 45.2 Å². The molecule has 0 heterocycles. The maximum absolute atomic E-state index is 10.2. The minimum Gasteiger partial charge on any atom is -0.508 e. The Balaban J connectivity index is 0.000000211. The van der Waals surface area contributed by atoms with E-state index in [4.69, 9.17) is 33.0 Å². The Morgan fingerprint density at radius 2 is 1.90 bits per heavy atom. The highest BCUT2D eigenvalue weighted by atomic mass is 79.9.